The molecule has 1 aromatic carbocycles. The summed E-state index contributed by atoms with van der Waals surface area (Å²) in [6.07, 6.45) is 2.68. The van der Waals surface area contributed by atoms with Gasteiger partial charge in [-0.3, -0.25) is 0 Å². The summed E-state index contributed by atoms with van der Waals surface area (Å²) in [6.45, 7) is 6.38. The summed E-state index contributed by atoms with van der Waals surface area (Å²) in [5, 5.41) is 0. The minimum absolute atomic E-state index is 0.236. The monoisotopic (exact) mass is 290 g/mol. The number of hydrogen-bond donors (Lipinski definition) is 0. The van der Waals surface area contributed by atoms with Gasteiger partial charge in [0, 0.05) is 0 Å². The zero-order valence-corrected chi connectivity index (χ0v) is 12.8. The van der Waals surface area contributed by atoms with Crippen LogP contribution in [0.2, 0.25) is 0 Å². The molecular formula is C17H22O4. The third-order valence-corrected chi connectivity index (χ3v) is 4.16. The molecule has 0 aliphatic carbocycles. The molecule has 4 nitrogen and oxygen atoms in total. The van der Waals surface area contributed by atoms with Gasteiger partial charge in [0.2, 0.25) is 0 Å². The minimum atomic E-state index is -0.517. The van der Waals surface area contributed by atoms with Gasteiger partial charge in [0.15, 0.2) is 0 Å². The normalized spacial score (nSPS) is 23.1. The first-order chi connectivity index (χ1) is 9.90. The number of carbonyl (C=O) groups is 2. The predicted molar refractivity (Wildman–Crippen MR) is 79.2 cm³/mol. The van der Waals surface area contributed by atoms with Crippen molar-refractivity contribution in [3.05, 3.63) is 35.4 Å². The molecular weight excluding hydrogens is 268 g/mol. The fourth-order valence-electron chi connectivity index (χ4n) is 2.29. The number of rotatable bonds is 0. The Kier molecular flexibility index (Phi) is 4.66. The molecule has 0 spiro atoms. The third kappa shape index (κ3) is 3.84. The van der Waals surface area contributed by atoms with Gasteiger partial charge in [0.05, 0.1) is 17.7 Å². The minimum Gasteiger partial charge on any atom is -0.462 e. The molecule has 114 valence electrons. The van der Waals surface area contributed by atoms with Crippen LogP contribution in [0.25, 0.3) is 0 Å². The highest BCUT2D eigenvalue weighted by Crippen LogP contribution is 2.27. The molecule has 21 heavy (non-hydrogen) atoms. The van der Waals surface area contributed by atoms with Gasteiger partial charge < -0.3 is 9.47 Å². The van der Waals surface area contributed by atoms with Crippen molar-refractivity contribution < 1.29 is 19.1 Å². The van der Waals surface area contributed by atoms with Crippen LogP contribution >= 0.6 is 0 Å². The summed E-state index contributed by atoms with van der Waals surface area (Å²) in [7, 11) is 0. The van der Waals surface area contributed by atoms with Crippen molar-refractivity contribution in [1.82, 2.24) is 0 Å². The van der Waals surface area contributed by atoms with Crippen LogP contribution in [0.3, 0.4) is 0 Å². The maximum atomic E-state index is 12.2. The van der Waals surface area contributed by atoms with Crippen LogP contribution in [0.1, 0.15) is 60.7 Å². The zero-order valence-electron chi connectivity index (χ0n) is 12.8. The van der Waals surface area contributed by atoms with Gasteiger partial charge in [0.25, 0.3) is 0 Å². The molecule has 1 unspecified atom stereocenters. The second kappa shape index (κ2) is 6.29. The molecule has 0 fully saturated rings. The Morgan fingerprint density at radius 1 is 1.00 bits per heavy atom. The van der Waals surface area contributed by atoms with E-state index in [0.717, 1.165) is 19.3 Å². The SMILES string of the molecule is CC1CCCCOC(=O)c2ccc(cc2)C(=O)OC1(C)C. The predicted octanol–water partition coefficient (Wildman–Crippen LogP) is 3.60. The second-order valence-electron chi connectivity index (χ2n) is 6.10. The number of ether oxygens (including phenoxy) is 2. The molecule has 1 aromatic rings. The standard InChI is InChI=1S/C17H22O4/c1-12-6-4-5-11-20-15(18)13-7-9-14(10-8-13)16(19)21-17(12,2)3/h7-10,12H,4-6,11H2,1-3H3. The second-order valence-corrected chi connectivity index (χ2v) is 6.10. The van der Waals surface area contributed by atoms with Crippen molar-refractivity contribution in [2.24, 2.45) is 5.92 Å². The Balaban J connectivity index is 2.26. The van der Waals surface area contributed by atoms with Crippen molar-refractivity contribution in [1.29, 1.82) is 0 Å². The molecule has 2 aliphatic heterocycles. The van der Waals surface area contributed by atoms with E-state index in [1.165, 1.54) is 0 Å². The quantitative estimate of drug-likeness (QED) is 0.685. The molecule has 1 atom stereocenters. The fourth-order valence-corrected chi connectivity index (χ4v) is 2.29. The van der Waals surface area contributed by atoms with Crippen LogP contribution in [0.5, 0.6) is 0 Å². The molecule has 0 saturated heterocycles. The summed E-state index contributed by atoms with van der Waals surface area (Å²) in [6, 6.07) is 6.40. The lowest BCUT2D eigenvalue weighted by Gasteiger charge is -2.32. The van der Waals surface area contributed by atoms with Crippen LogP contribution in [-0.4, -0.2) is 24.1 Å². The van der Waals surface area contributed by atoms with Crippen LogP contribution in [0, 0.1) is 5.92 Å². The van der Waals surface area contributed by atoms with Gasteiger partial charge in [-0.2, -0.15) is 0 Å². The first kappa shape index (κ1) is 15.5. The Bertz CT molecular complexity index is 516. The summed E-state index contributed by atoms with van der Waals surface area (Å²) >= 11 is 0. The van der Waals surface area contributed by atoms with Crippen molar-refractivity contribution in [2.45, 2.75) is 45.6 Å². The average Bonchev–Trinajstić information content (AvgIpc) is 2.45. The number of esters is 2. The van der Waals surface area contributed by atoms with Gasteiger partial charge in [0.1, 0.15) is 5.60 Å². The number of carbonyl (C=O) groups excluding carboxylic acids is 2. The van der Waals surface area contributed by atoms with E-state index in [1.54, 1.807) is 24.3 Å². The van der Waals surface area contributed by atoms with E-state index >= 15 is 0 Å². The molecule has 3 rings (SSSR count). The van der Waals surface area contributed by atoms with Crippen LogP contribution in [-0.2, 0) is 9.47 Å². The molecule has 0 N–H and O–H groups in total. The van der Waals surface area contributed by atoms with Gasteiger partial charge in [-0.05, 0) is 63.3 Å². The van der Waals surface area contributed by atoms with E-state index in [9.17, 15) is 9.59 Å². The van der Waals surface area contributed by atoms with Gasteiger partial charge in [-0.15, -0.1) is 0 Å². The maximum Gasteiger partial charge on any atom is 0.338 e. The van der Waals surface area contributed by atoms with E-state index in [-0.39, 0.29) is 17.9 Å². The highest BCUT2D eigenvalue weighted by Gasteiger charge is 2.30. The lowest BCUT2D eigenvalue weighted by atomic mass is 9.88. The Morgan fingerprint density at radius 3 is 2.19 bits per heavy atom. The Morgan fingerprint density at radius 2 is 1.57 bits per heavy atom. The van der Waals surface area contributed by atoms with Crippen LogP contribution in [0.4, 0.5) is 0 Å². The number of fused-ring (bicyclic) bond motifs is 11. The van der Waals surface area contributed by atoms with E-state index in [1.807, 2.05) is 13.8 Å². The van der Waals surface area contributed by atoms with Crippen LogP contribution < -0.4 is 0 Å². The van der Waals surface area contributed by atoms with Crippen molar-refractivity contribution in [2.75, 3.05) is 6.61 Å². The molecule has 0 amide bonds. The molecule has 0 radical (unpaired) electrons. The molecule has 0 aromatic heterocycles. The van der Waals surface area contributed by atoms with Gasteiger partial charge in [-0.25, -0.2) is 9.59 Å². The van der Waals surface area contributed by atoms with Gasteiger partial charge >= 0.3 is 11.9 Å². The lowest BCUT2D eigenvalue weighted by molar-refractivity contribution is -0.0286. The smallest absolute Gasteiger partial charge is 0.338 e. The zero-order chi connectivity index (χ0) is 15.5. The fraction of sp³-hybridized carbons (Fsp3) is 0.529. The van der Waals surface area contributed by atoms with Crippen molar-refractivity contribution in [3.63, 3.8) is 0 Å². The first-order valence-corrected chi connectivity index (χ1v) is 7.40. The highest BCUT2D eigenvalue weighted by atomic mass is 16.6. The molecule has 2 aliphatic rings. The third-order valence-electron chi connectivity index (χ3n) is 4.16. The molecule has 4 heteroatoms. The molecule has 2 bridgehead atoms. The van der Waals surface area contributed by atoms with Crippen molar-refractivity contribution in [3.8, 4) is 0 Å². The maximum absolute atomic E-state index is 12.2. The Labute approximate surface area is 125 Å². The molecule has 2 heterocycles. The number of benzene rings is 1. The van der Waals surface area contributed by atoms with E-state index in [2.05, 4.69) is 6.92 Å². The molecule has 0 saturated carbocycles. The topological polar surface area (TPSA) is 52.6 Å². The van der Waals surface area contributed by atoms with E-state index < -0.39 is 5.60 Å². The first-order valence-electron chi connectivity index (χ1n) is 7.40. The summed E-state index contributed by atoms with van der Waals surface area (Å²) in [5.41, 5.74) is 0.386. The van der Waals surface area contributed by atoms with Gasteiger partial charge in [-0.1, -0.05) is 6.92 Å². The Hall–Kier alpha value is -1.84. The summed E-state index contributed by atoms with van der Waals surface area (Å²) < 4.78 is 10.9. The number of hydrogen-bond acceptors (Lipinski definition) is 4. The van der Waals surface area contributed by atoms with E-state index in [0.29, 0.717) is 17.7 Å². The summed E-state index contributed by atoms with van der Waals surface area (Å²) in [5.74, 6) is -0.469. The van der Waals surface area contributed by atoms with E-state index in [4.69, 9.17) is 9.47 Å². The van der Waals surface area contributed by atoms with Crippen LogP contribution in [0.15, 0.2) is 24.3 Å². The lowest BCUT2D eigenvalue weighted by Crippen LogP contribution is -2.35. The van der Waals surface area contributed by atoms with Crippen molar-refractivity contribution >= 4 is 11.9 Å². The highest BCUT2D eigenvalue weighted by molar-refractivity contribution is 5.93. The average molecular weight is 290 g/mol. The largest absolute Gasteiger partial charge is 0.462 e. The summed E-state index contributed by atoms with van der Waals surface area (Å²) in [4.78, 5) is 24.0.